The van der Waals surface area contributed by atoms with E-state index in [1.54, 1.807) is 38.2 Å². The van der Waals surface area contributed by atoms with Crippen LogP contribution in [-0.2, 0) is 4.79 Å². The Bertz CT molecular complexity index is 360. The molecule has 0 heterocycles. The molecule has 0 fully saturated rings. The van der Waals surface area contributed by atoms with Gasteiger partial charge in [-0.1, -0.05) is 18.2 Å². The summed E-state index contributed by atoms with van der Waals surface area (Å²) in [5.74, 6) is -0.634. The quantitative estimate of drug-likeness (QED) is 0.660. The highest BCUT2D eigenvalue weighted by atomic mass is 19.1. The monoisotopic (exact) mass is 193 g/mol. The molecule has 0 bridgehead atoms. The average Bonchev–Trinajstić information content (AvgIpc) is 2.18. The molecule has 0 N–H and O–H groups in total. The van der Waals surface area contributed by atoms with Crippen LogP contribution in [0.5, 0.6) is 0 Å². The van der Waals surface area contributed by atoms with Gasteiger partial charge in [0.05, 0.1) is 5.69 Å². The molecule has 0 spiro atoms. The zero-order chi connectivity index (χ0) is 10.6. The Kier molecular flexibility index (Phi) is 3.40. The SMILES string of the molecule is CC=CC(=O)N(C)c1ccccc1F. The summed E-state index contributed by atoms with van der Waals surface area (Å²) in [5, 5.41) is 0. The lowest BCUT2D eigenvalue weighted by Gasteiger charge is -2.15. The molecule has 0 aliphatic rings. The average molecular weight is 193 g/mol. The van der Waals surface area contributed by atoms with Gasteiger partial charge in [0.1, 0.15) is 5.82 Å². The van der Waals surface area contributed by atoms with Gasteiger partial charge in [0.15, 0.2) is 0 Å². The van der Waals surface area contributed by atoms with Gasteiger partial charge >= 0.3 is 0 Å². The van der Waals surface area contributed by atoms with E-state index in [1.165, 1.54) is 17.0 Å². The van der Waals surface area contributed by atoms with Crippen molar-refractivity contribution in [3.63, 3.8) is 0 Å². The molecule has 14 heavy (non-hydrogen) atoms. The predicted molar refractivity (Wildman–Crippen MR) is 54.6 cm³/mol. The first kappa shape index (κ1) is 10.4. The van der Waals surface area contributed by atoms with Gasteiger partial charge in [-0.15, -0.1) is 0 Å². The van der Waals surface area contributed by atoms with Crippen LogP contribution in [0.1, 0.15) is 6.92 Å². The normalized spacial score (nSPS) is 10.5. The fraction of sp³-hybridized carbons (Fsp3) is 0.182. The molecule has 0 aromatic heterocycles. The first-order valence-electron chi connectivity index (χ1n) is 4.31. The number of likely N-dealkylation sites (N-methyl/N-ethyl adjacent to an activating group) is 1. The Morgan fingerprint density at radius 1 is 1.43 bits per heavy atom. The lowest BCUT2D eigenvalue weighted by molar-refractivity contribution is -0.113. The summed E-state index contributed by atoms with van der Waals surface area (Å²) in [4.78, 5) is 12.6. The molecule has 0 radical (unpaired) electrons. The molecule has 0 aliphatic carbocycles. The summed E-state index contributed by atoms with van der Waals surface area (Å²) in [7, 11) is 1.54. The van der Waals surface area contributed by atoms with Gasteiger partial charge in [0.25, 0.3) is 0 Å². The van der Waals surface area contributed by atoms with Crippen LogP contribution in [0.2, 0.25) is 0 Å². The molecule has 0 saturated heterocycles. The van der Waals surface area contributed by atoms with Crippen molar-refractivity contribution < 1.29 is 9.18 Å². The van der Waals surface area contributed by atoms with Crippen LogP contribution >= 0.6 is 0 Å². The van der Waals surface area contributed by atoms with E-state index in [9.17, 15) is 9.18 Å². The zero-order valence-electron chi connectivity index (χ0n) is 8.20. The van der Waals surface area contributed by atoms with E-state index in [2.05, 4.69) is 0 Å². The van der Waals surface area contributed by atoms with Crippen molar-refractivity contribution in [2.75, 3.05) is 11.9 Å². The number of halogens is 1. The largest absolute Gasteiger partial charge is 0.309 e. The first-order chi connectivity index (χ1) is 6.66. The Hall–Kier alpha value is -1.64. The van der Waals surface area contributed by atoms with Gasteiger partial charge in [-0.2, -0.15) is 0 Å². The number of nitrogens with zero attached hydrogens (tertiary/aromatic N) is 1. The molecular formula is C11H12FNO. The molecule has 0 unspecified atom stereocenters. The molecule has 0 saturated carbocycles. The van der Waals surface area contributed by atoms with Crippen molar-refractivity contribution in [1.29, 1.82) is 0 Å². The van der Waals surface area contributed by atoms with Crippen LogP contribution in [0.3, 0.4) is 0 Å². The maximum absolute atomic E-state index is 13.2. The van der Waals surface area contributed by atoms with E-state index in [4.69, 9.17) is 0 Å². The second-order valence-electron chi connectivity index (χ2n) is 2.85. The number of rotatable bonds is 2. The molecule has 3 heteroatoms. The summed E-state index contributed by atoms with van der Waals surface area (Å²) in [6, 6.07) is 6.18. The van der Waals surface area contributed by atoms with E-state index in [0.29, 0.717) is 0 Å². The molecule has 2 nitrogen and oxygen atoms in total. The van der Waals surface area contributed by atoms with Crippen LogP contribution in [0, 0.1) is 5.82 Å². The standard InChI is InChI=1S/C11H12FNO/c1-3-6-11(14)13(2)10-8-5-4-7-9(10)12/h3-8H,1-2H3. The van der Waals surface area contributed by atoms with Crippen molar-refractivity contribution >= 4 is 11.6 Å². The fourth-order valence-corrected chi connectivity index (χ4v) is 1.10. The Labute approximate surface area is 82.7 Å². The maximum Gasteiger partial charge on any atom is 0.250 e. The number of carbonyl (C=O) groups is 1. The number of para-hydroxylation sites is 1. The lowest BCUT2D eigenvalue weighted by atomic mass is 10.3. The molecule has 0 atom stereocenters. The highest BCUT2D eigenvalue weighted by Crippen LogP contribution is 2.17. The van der Waals surface area contributed by atoms with Crippen LogP contribution in [-0.4, -0.2) is 13.0 Å². The number of hydrogen-bond acceptors (Lipinski definition) is 1. The third-order valence-electron chi connectivity index (χ3n) is 1.85. The highest BCUT2D eigenvalue weighted by molar-refractivity contribution is 6.00. The predicted octanol–water partition coefficient (Wildman–Crippen LogP) is 2.36. The van der Waals surface area contributed by atoms with Crippen LogP contribution in [0.25, 0.3) is 0 Å². The second-order valence-corrected chi connectivity index (χ2v) is 2.85. The first-order valence-corrected chi connectivity index (χ1v) is 4.31. The van der Waals surface area contributed by atoms with Gasteiger partial charge in [-0.05, 0) is 25.1 Å². The molecule has 1 amide bonds. The summed E-state index contributed by atoms with van der Waals surface area (Å²) < 4.78 is 13.2. The number of benzene rings is 1. The van der Waals surface area contributed by atoms with E-state index < -0.39 is 5.82 Å². The second kappa shape index (κ2) is 4.56. The summed E-state index contributed by atoms with van der Waals surface area (Å²) in [6.07, 6.45) is 3.02. The number of carbonyl (C=O) groups excluding carboxylic acids is 1. The van der Waals surface area contributed by atoms with E-state index in [0.717, 1.165) is 0 Å². The number of anilines is 1. The Balaban J connectivity index is 2.95. The van der Waals surface area contributed by atoms with Crippen LogP contribution in [0.4, 0.5) is 10.1 Å². The van der Waals surface area contributed by atoms with Gasteiger partial charge in [-0.3, -0.25) is 4.79 Å². The highest BCUT2D eigenvalue weighted by Gasteiger charge is 2.10. The topological polar surface area (TPSA) is 20.3 Å². The van der Waals surface area contributed by atoms with E-state index in [-0.39, 0.29) is 11.6 Å². The van der Waals surface area contributed by atoms with Gasteiger partial charge < -0.3 is 4.90 Å². The van der Waals surface area contributed by atoms with Crippen molar-refractivity contribution in [2.45, 2.75) is 6.92 Å². The van der Waals surface area contributed by atoms with Crippen LogP contribution < -0.4 is 4.90 Å². The summed E-state index contributed by atoms with van der Waals surface area (Å²) in [6.45, 7) is 1.74. The van der Waals surface area contributed by atoms with Gasteiger partial charge in [-0.25, -0.2) is 4.39 Å². The number of hydrogen-bond donors (Lipinski definition) is 0. The summed E-state index contributed by atoms with van der Waals surface area (Å²) >= 11 is 0. The zero-order valence-corrected chi connectivity index (χ0v) is 8.20. The maximum atomic E-state index is 13.2. The molecule has 1 rings (SSSR count). The minimum Gasteiger partial charge on any atom is -0.309 e. The molecule has 74 valence electrons. The Morgan fingerprint density at radius 2 is 2.07 bits per heavy atom. The third-order valence-corrected chi connectivity index (χ3v) is 1.85. The van der Waals surface area contributed by atoms with Gasteiger partial charge in [0.2, 0.25) is 5.91 Å². The molecule has 1 aromatic rings. The van der Waals surface area contributed by atoms with Crippen molar-refractivity contribution in [3.8, 4) is 0 Å². The molecule has 0 aliphatic heterocycles. The fourth-order valence-electron chi connectivity index (χ4n) is 1.10. The van der Waals surface area contributed by atoms with Crippen molar-refractivity contribution in [2.24, 2.45) is 0 Å². The Morgan fingerprint density at radius 3 is 2.64 bits per heavy atom. The summed E-state index contributed by atoms with van der Waals surface area (Å²) in [5.41, 5.74) is 0.288. The number of allylic oxidation sites excluding steroid dienone is 1. The lowest BCUT2D eigenvalue weighted by Crippen LogP contribution is -2.24. The van der Waals surface area contributed by atoms with Crippen molar-refractivity contribution in [1.82, 2.24) is 0 Å². The van der Waals surface area contributed by atoms with Crippen molar-refractivity contribution in [3.05, 3.63) is 42.2 Å². The molecular weight excluding hydrogens is 181 g/mol. The number of amides is 1. The van der Waals surface area contributed by atoms with Crippen LogP contribution in [0.15, 0.2) is 36.4 Å². The van der Waals surface area contributed by atoms with E-state index in [1.807, 2.05) is 0 Å². The minimum atomic E-state index is -0.396. The minimum absolute atomic E-state index is 0.238. The third kappa shape index (κ3) is 2.19. The molecule has 1 aromatic carbocycles. The van der Waals surface area contributed by atoms with Gasteiger partial charge in [0, 0.05) is 7.05 Å². The smallest absolute Gasteiger partial charge is 0.250 e. The van der Waals surface area contributed by atoms with E-state index >= 15 is 0 Å².